The van der Waals surface area contributed by atoms with E-state index in [-0.39, 0.29) is 12.0 Å². The Morgan fingerprint density at radius 3 is 2.76 bits per heavy atom. The van der Waals surface area contributed by atoms with E-state index < -0.39 is 6.04 Å². The number of carbonyl (C=O) groups excluding carboxylic acids is 1. The van der Waals surface area contributed by atoms with Crippen LogP contribution < -0.4 is 10.1 Å². The largest absolute Gasteiger partial charge is 0.475 e. The average molecular weight is 294 g/mol. The number of aromatic nitrogens is 2. The monoisotopic (exact) mass is 294 g/mol. The predicted molar refractivity (Wildman–Crippen MR) is 78.3 cm³/mol. The summed E-state index contributed by atoms with van der Waals surface area (Å²) < 4.78 is 10.8. The third-order valence-corrected chi connectivity index (χ3v) is 3.03. The van der Waals surface area contributed by atoms with Gasteiger partial charge in [-0.15, -0.1) is 0 Å². The molecule has 0 spiro atoms. The number of amides is 1. The van der Waals surface area contributed by atoms with Crippen molar-refractivity contribution >= 4 is 11.9 Å². The zero-order chi connectivity index (χ0) is 15.2. The van der Waals surface area contributed by atoms with E-state index in [4.69, 9.17) is 9.47 Å². The van der Waals surface area contributed by atoms with Crippen LogP contribution in [0.3, 0.4) is 0 Å². The van der Waals surface area contributed by atoms with Crippen LogP contribution in [0.1, 0.15) is 20.8 Å². The highest BCUT2D eigenvalue weighted by atomic mass is 16.5. The topological polar surface area (TPSA) is 76.6 Å². The van der Waals surface area contributed by atoms with Gasteiger partial charge in [0.2, 0.25) is 17.7 Å². The van der Waals surface area contributed by atoms with E-state index in [1.807, 2.05) is 13.8 Å². The number of anilines is 1. The number of rotatable bonds is 5. The second-order valence-corrected chi connectivity index (χ2v) is 5.19. The smallest absolute Gasteiger partial charge is 0.245 e. The Hall–Kier alpha value is -1.89. The fourth-order valence-electron chi connectivity index (χ4n) is 2.03. The first-order valence-corrected chi connectivity index (χ1v) is 7.19. The molecule has 1 N–H and O–H groups in total. The fraction of sp³-hybridized carbons (Fsp3) is 0.643. The van der Waals surface area contributed by atoms with Gasteiger partial charge in [-0.05, 0) is 20.8 Å². The highest BCUT2D eigenvalue weighted by Gasteiger charge is 2.22. The van der Waals surface area contributed by atoms with E-state index in [0.717, 1.165) is 0 Å². The highest BCUT2D eigenvalue weighted by molar-refractivity contribution is 5.83. The molecule has 1 aromatic rings. The van der Waals surface area contributed by atoms with Gasteiger partial charge in [-0.25, -0.2) is 4.98 Å². The molecule has 2 heterocycles. The molecule has 0 saturated carbocycles. The first kappa shape index (κ1) is 15.5. The SMILES string of the molecule is CC(C)Oc1ccnc(NC(C)C(=O)N2CCOCC2)n1. The van der Waals surface area contributed by atoms with Crippen molar-refractivity contribution in [3.8, 4) is 5.88 Å². The Kier molecular flexibility index (Phi) is 5.32. The Morgan fingerprint density at radius 1 is 1.38 bits per heavy atom. The van der Waals surface area contributed by atoms with Crippen molar-refractivity contribution in [2.75, 3.05) is 31.6 Å². The highest BCUT2D eigenvalue weighted by Crippen LogP contribution is 2.12. The van der Waals surface area contributed by atoms with Crippen molar-refractivity contribution in [2.45, 2.75) is 32.9 Å². The minimum atomic E-state index is -0.391. The van der Waals surface area contributed by atoms with Crippen LogP contribution in [0.15, 0.2) is 12.3 Å². The molecule has 0 aromatic carbocycles. The van der Waals surface area contributed by atoms with Crippen molar-refractivity contribution in [2.24, 2.45) is 0 Å². The second-order valence-electron chi connectivity index (χ2n) is 5.19. The maximum absolute atomic E-state index is 12.3. The summed E-state index contributed by atoms with van der Waals surface area (Å²) in [6.45, 7) is 8.10. The summed E-state index contributed by atoms with van der Waals surface area (Å²) in [6, 6.07) is 1.30. The fourth-order valence-corrected chi connectivity index (χ4v) is 2.03. The number of nitrogens with zero attached hydrogens (tertiary/aromatic N) is 3. The molecule has 21 heavy (non-hydrogen) atoms. The van der Waals surface area contributed by atoms with E-state index in [9.17, 15) is 4.79 Å². The van der Waals surface area contributed by atoms with Crippen LogP contribution in [-0.2, 0) is 9.53 Å². The van der Waals surface area contributed by atoms with E-state index >= 15 is 0 Å². The van der Waals surface area contributed by atoms with Gasteiger partial charge < -0.3 is 19.7 Å². The Morgan fingerprint density at radius 2 is 2.10 bits per heavy atom. The number of nitrogens with one attached hydrogen (secondary N) is 1. The van der Waals surface area contributed by atoms with Crippen LogP contribution in [0.5, 0.6) is 5.88 Å². The van der Waals surface area contributed by atoms with Gasteiger partial charge in [0.1, 0.15) is 6.04 Å². The Bertz CT molecular complexity index is 475. The van der Waals surface area contributed by atoms with Gasteiger partial charge in [-0.1, -0.05) is 0 Å². The Labute approximate surface area is 124 Å². The molecule has 2 rings (SSSR count). The lowest BCUT2D eigenvalue weighted by Crippen LogP contribution is -2.47. The van der Waals surface area contributed by atoms with Crippen molar-refractivity contribution in [1.29, 1.82) is 0 Å². The summed E-state index contributed by atoms with van der Waals surface area (Å²) in [5, 5.41) is 3.02. The van der Waals surface area contributed by atoms with Crippen LogP contribution >= 0.6 is 0 Å². The quantitative estimate of drug-likeness (QED) is 0.870. The van der Waals surface area contributed by atoms with Gasteiger partial charge in [0.15, 0.2) is 0 Å². The van der Waals surface area contributed by atoms with Crippen LogP contribution in [0.2, 0.25) is 0 Å². The zero-order valence-corrected chi connectivity index (χ0v) is 12.7. The van der Waals surface area contributed by atoms with Gasteiger partial charge in [-0.3, -0.25) is 4.79 Å². The third-order valence-electron chi connectivity index (χ3n) is 3.03. The standard InChI is InChI=1S/C14H22N4O3/c1-10(2)21-12-4-5-15-14(17-12)16-11(3)13(19)18-6-8-20-9-7-18/h4-5,10-11H,6-9H2,1-3H3,(H,15,16,17). The van der Waals surface area contributed by atoms with Gasteiger partial charge in [-0.2, -0.15) is 4.98 Å². The molecule has 1 aromatic heterocycles. The maximum Gasteiger partial charge on any atom is 0.245 e. The molecule has 1 saturated heterocycles. The molecule has 1 aliphatic heterocycles. The molecule has 1 unspecified atom stereocenters. The molecule has 0 radical (unpaired) electrons. The van der Waals surface area contributed by atoms with Crippen LogP contribution in [0.4, 0.5) is 5.95 Å². The molecule has 1 aliphatic rings. The maximum atomic E-state index is 12.3. The molecule has 1 fully saturated rings. The van der Waals surface area contributed by atoms with E-state index in [1.54, 1.807) is 24.1 Å². The predicted octanol–water partition coefficient (Wildman–Crippen LogP) is 0.923. The zero-order valence-electron chi connectivity index (χ0n) is 12.7. The van der Waals surface area contributed by atoms with Crippen LogP contribution in [0.25, 0.3) is 0 Å². The van der Waals surface area contributed by atoms with Gasteiger partial charge in [0.25, 0.3) is 0 Å². The van der Waals surface area contributed by atoms with Gasteiger partial charge in [0, 0.05) is 25.4 Å². The van der Waals surface area contributed by atoms with Crippen molar-refractivity contribution in [3.63, 3.8) is 0 Å². The second kappa shape index (κ2) is 7.21. The molecule has 1 amide bonds. The number of ether oxygens (including phenoxy) is 2. The number of morpholine rings is 1. The molecule has 116 valence electrons. The summed E-state index contributed by atoms with van der Waals surface area (Å²) in [6.07, 6.45) is 1.65. The summed E-state index contributed by atoms with van der Waals surface area (Å²) in [4.78, 5) is 22.4. The normalized spacial score (nSPS) is 16.7. The summed E-state index contributed by atoms with van der Waals surface area (Å²) in [7, 11) is 0. The van der Waals surface area contributed by atoms with E-state index in [2.05, 4.69) is 15.3 Å². The first-order valence-electron chi connectivity index (χ1n) is 7.19. The lowest BCUT2D eigenvalue weighted by molar-refractivity contribution is -0.135. The van der Waals surface area contributed by atoms with Crippen LogP contribution in [-0.4, -0.2) is 59.2 Å². The lowest BCUT2D eigenvalue weighted by atomic mass is 10.2. The molecular weight excluding hydrogens is 272 g/mol. The molecular formula is C14H22N4O3. The minimum Gasteiger partial charge on any atom is -0.475 e. The number of hydrogen-bond donors (Lipinski definition) is 1. The summed E-state index contributed by atoms with van der Waals surface area (Å²) in [5.41, 5.74) is 0. The van der Waals surface area contributed by atoms with Gasteiger partial charge >= 0.3 is 0 Å². The van der Waals surface area contributed by atoms with Crippen molar-refractivity contribution in [3.05, 3.63) is 12.3 Å². The average Bonchev–Trinajstić information content (AvgIpc) is 2.47. The molecule has 0 aliphatic carbocycles. The van der Waals surface area contributed by atoms with E-state index in [1.165, 1.54) is 0 Å². The van der Waals surface area contributed by atoms with Crippen molar-refractivity contribution < 1.29 is 14.3 Å². The first-order chi connectivity index (χ1) is 10.1. The van der Waals surface area contributed by atoms with Crippen LogP contribution in [0, 0.1) is 0 Å². The molecule has 7 heteroatoms. The van der Waals surface area contributed by atoms with Crippen molar-refractivity contribution in [1.82, 2.24) is 14.9 Å². The number of hydrogen-bond acceptors (Lipinski definition) is 6. The molecule has 0 bridgehead atoms. The third kappa shape index (κ3) is 4.56. The van der Waals surface area contributed by atoms with Gasteiger partial charge in [0.05, 0.1) is 19.3 Å². The lowest BCUT2D eigenvalue weighted by Gasteiger charge is -2.29. The summed E-state index contributed by atoms with van der Waals surface area (Å²) >= 11 is 0. The molecule has 1 atom stereocenters. The minimum absolute atomic E-state index is 0.0251. The van der Waals surface area contributed by atoms with E-state index in [0.29, 0.717) is 38.1 Å². The Balaban J connectivity index is 1.95. The summed E-state index contributed by atoms with van der Waals surface area (Å²) in [5.74, 6) is 0.910. The molecule has 7 nitrogen and oxygen atoms in total. The number of carbonyl (C=O) groups is 1.